The van der Waals surface area contributed by atoms with E-state index in [2.05, 4.69) is 5.43 Å². The number of nitrogens with one attached hydrogen (secondary N) is 2. The van der Waals surface area contributed by atoms with Gasteiger partial charge in [-0.1, -0.05) is 17.7 Å². The summed E-state index contributed by atoms with van der Waals surface area (Å²) in [5.41, 5.74) is 2.74. The molecule has 1 aliphatic rings. The zero-order valence-electron chi connectivity index (χ0n) is 10.0. The highest BCUT2D eigenvalue weighted by molar-refractivity contribution is 6.30. The summed E-state index contributed by atoms with van der Waals surface area (Å²) in [6.45, 7) is -0.235. The predicted molar refractivity (Wildman–Crippen MR) is 68.8 cm³/mol. The number of nitrogens with zero attached hydrogens (tertiary/aromatic N) is 1. The van der Waals surface area contributed by atoms with Crippen LogP contribution in [-0.4, -0.2) is 29.4 Å². The molecule has 2 rings (SSSR count). The second-order valence-electron chi connectivity index (χ2n) is 3.92. The smallest absolute Gasteiger partial charge is 0.275 e. The third kappa shape index (κ3) is 3.33. The standard InChI is InChI=1S/C12H9ClFN3O3/c13-8-5-7(1-3-9(8)14)2-4-10(18)16-17-6-11(19)15-12(17)20/h1-5H,6H2,(H,16,18)(H,15,19,20). The first-order chi connectivity index (χ1) is 9.45. The zero-order valence-corrected chi connectivity index (χ0v) is 10.8. The number of imide groups is 1. The number of hydrazine groups is 1. The molecule has 0 unspecified atom stereocenters. The van der Waals surface area contributed by atoms with Crippen molar-refractivity contribution in [1.82, 2.24) is 15.8 Å². The lowest BCUT2D eigenvalue weighted by molar-refractivity contribution is -0.121. The molecule has 6 nitrogen and oxygen atoms in total. The molecule has 104 valence electrons. The topological polar surface area (TPSA) is 78.5 Å². The first-order valence-corrected chi connectivity index (χ1v) is 5.88. The SMILES string of the molecule is O=C(C=Cc1ccc(F)c(Cl)c1)NN1CC(=O)NC1=O. The number of benzene rings is 1. The molecule has 2 N–H and O–H groups in total. The van der Waals surface area contributed by atoms with Crippen molar-refractivity contribution in [3.05, 3.63) is 40.7 Å². The zero-order chi connectivity index (χ0) is 14.7. The minimum absolute atomic E-state index is 0.0583. The fourth-order valence-electron chi connectivity index (χ4n) is 1.49. The van der Waals surface area contributed by atoms with E-state index in [9.17, 15) is 18.8 Å². The highest BCUT2D eigenvalue weighted by Crippen LogP contribution is 2.16. The van der Waals surface area contributed by atoms with Gasteiger partial charge in [-0.05, 0) is 23.8 Å². The Bertz CT molecular complexity index is 618. The van der Waals surface area contributed by atoms with Crippen LogP contribution in [-0.2, 0) is 9.59 Å². The Hall–Kier alpha value is -2.41. The molecule has 1 heterocycles. The van der Waals surface area contributed by atoms with E-state index in [1.54, 1.807) is 0 Å². The van der Waals surface area contributed by atoms with Gasteiger partial charge in [0.05, 0.1) is 5.02 Å². The van der Waals surface area contributed by atoms with Gasteiger partial charge in [0.1, 0.15) is 12.4 Å². The monoisotopic (exact) mass is 297 g/mol. The number of hydrogen-bond donors (Lipinski definition) is 2. The Kier molecular flexibility index (Phi) is 3.99. The third-order valence-corrected chi connectivity index (χ3v) is 2.70. The number of carbonyl (C=O) groups is 3. The summed E-state index contributed by atoms with van der Waals surface area (Å²) in [5, 5.41) is 2.81. The molecule has 1 aliphatic heterocycles. The van der Waals surface area contributed by atoms with Crippen LogP contribution in [0.15, 0.2) is 24.3 Å². The van der Waals surface area contributed by atoms with Gasteiger partial charge >= 0.3 is 6.03 Å². The van der Waals surface area contributed by atoms with Crippen LogP contribution in [0.5, 0.6) is 0 Å². The Labute approximate surface area is 118 Å². The second kappa shape index (κ2) is 5.70. The molecule has 0 atom stereocenters. The quantitative estimate of drug-likeness (QED) is 0.647. The van der Waals surface area contributed by atoms with Crippen LogP contribution in [0.4, 0.5) is 9.18 Å². The maximum absolute atomic E-state index is 12.9. The van der Waals surface area contributed by atoms with Crippen molar-refractivity contribution in [3.8, 4) is 0 Å². The van der Waals surface area contributed by atoms with Gasteiger partial charge in [-0.3, -0.25) is 20.3 Å². The van der Waals surface area contributed by atoms with E-state index in [-0.39, 0.29) is 11.6 Å². The van der Waals surface area contributed by atoms with E-state index in [4.69, 9.17) is 11.6 Å². The van der Waals surface area contributed by atoms with Gasteiger partial charge in [-0.2, -0.15) is 0 Å². The number of rotatable bonds is 3. The maximum Gasteiger partial charge on any atom is 0.343 e. The van der Waals surface area contributed by atoms with Crippen LogP contribution in [0.3, 0.4) is 0 Å². The van der Waals surface area contributed by atoms with Gasteiger partial charge in [0, 0.05) is 6.08 Å². The van der Waals surface area contributed by atoms with Crippen molar-refractivity contribution in [1.29, 1.82) is 0 Å². The average Bonchev–Trinajstić information content (AvgIpc) is 2.69. The average molecular weight is 298 g/mol. The molecule has 8 heteroatoms. The highest BCUT2D eigenvalue weighted by Gasteiger charge is 2.27. The summed E-state index contributed by atoms with van der Waals surface area (Å²) in [6, 6.07) is 3.28. The van der Waals surface area contributed by atoms with Gasteiger partial charge in [0.2, 0.25) is 5.91 Å². The fraction of sp³-hybridized carbons (Fsp3) is 0.0833. The molecule has 0 bridgehead atoms. The van der Waals surface area contributed by atoms with Crippen molar-refractivity contribution in [2.75, 3.05) is 6.54 Å². The van der Waals surface area contributed by atoms with E-state index in [1.165, 1.54) is 24.3 Å². The molecule has 20 heavy (non-hydrogen) atoms. The Morgan fingerprint density at radius 2 is 2.20 bits per heavy atom. The highest BCUT2D eigenvalue weighted by atomic mass is 35.5. The lowest BCUT2D eigenvalue weighted by Crippen LogP contribution is -2.43. The summed E-state index contributed by atoms with van der Waals surface area (Å²) >= 11 is 5.59. The number of halogens is 2. The minimum atomic E-state index is -0.693. The summed E-state index contributed by atoms with van der Waals surface area (Å²) in [7, 11) is 0. The molecule has 0 aromatic heterocycles. The van der Waals surface area contributed by atoms with Gasteiger partial charge in [0.15, 0.2) is 0 Å². The predicted octanol–water partition coefficient (Wildman–Crippen LogP) is 1.08. The van der Waals surface area contributed by atoms with Gasteiger partial charge in [0.25, 0.3) is 5.91 Å². The molecular weight excluding hydrogens is 289 g/mol. The lowest BCUT2D eigenvalue weighted by Gasteiger charge is -2.12. The normalized spacial score (nSPS) is 14.8. The third-order valence-electron chi connectivity index (χ3n) is 2.41. The van der Waals surface area contributed by atoms with E-state index in [0.29, 0.717) is 5.56 Å². The second-order valence-corrected chi connectivity index (χ2v) is 4.33. The van der Waals surface area contributed by atoms with E-state index in [1.807, 2.05) is 5.32 Å². The van der Waals surface area contributed by atoms with E-state index < -0.39 is 23.7 Å². The molecular formula is C12H9ClFN3O3. The molecule has 0 radical (unpaired) electrons. The summed E-state index contributed by atoms with van der Waals surface area (Å²) in [6.07, 6.45) is 2.54. The van der Waals surface area contributed by atoms with Crippen molar-refractivity contribution in [3.63, 3.8) is 0 Å². The summed E-state index contributed by atoms with van der Waals surface area (Å²) in [5.74, 6) is -1.65. The molecule has 0 aliphatic carbocycles. The van der Waals surface area contributed by atoms with Crippen molar-refractivity contribution in [2.24, 2.45) is 0 Å². The van der Waals surface area contributed by atoms with Gasteiger partial charge in [-0.25, -0.2) is 14.2 Å². The minimum Gasteiger partial charge on any atom is -0.275 e. The molecule has 1 aromatic rings. The van der Waals surface area contributed by atoms with Crippen molar-refractivity contribution in [2.45, 2.75) is 0 Å². The van der Waals surface area contributed by atoms with Crippen LogP contribution in [0, 0.1) is 5.82 Å². The van der Waals surface area contributed by atoms with E-state index in [0.717, 1.165) is 11.1 Å². The molecule has 1 aromatic carbocycles. The van der Waals surface area contributed by atoms with Crippen molar-refractivity contribution >= 4 is 35.5 Å². The molecule has 1 fully saturated rings. The molecule has 1 saturated heterocycles. The Balaban J connectivity index is 1.97. The largest absolute Gasteiger partial charge is 0.343 e. The van der Waals surface area contributed by atoms with E-state index >= 15 is 0 Å². The number of carbonyl (C=O) groups excluding carboxylic acids is 3. The first kappa shape index (κ1) is 14.0. The Morgan fingerprint density at radius 3 is 2.80 bits per heavy atom. The van der Waals surface area contributed by atoms with Crippen molar-refractivity contribution < 1.29 is 18.8 Å². The fourth-order valence-corrected chi connectivity index (χ4v) is 1.68. The van der Waals surface area contributed by atoms with Crippen LogP contribution < -0.4 is 10.7 Å². The maximum atomic E-state index is 12.9. The molecule has 4 amide bonds. The molecule has 0 spiro atoms. The number of hydrogen-bond acceptors (Lipinski definition) is 3. The van der Waals surface area contributed by atoms with Crippen LogP contribution >= 0.6 is 11.6 Å². The summed E-state index contributed by atoms with van der Waals surface area (Å²) in [4.78, 5) is 33.6. The number of amides is 4. The van der Waals surface area contributed by atoms with Crippen LogP contribution in [0.2, 0.25) is 5.02 Å². The first-order valence-electron chi connectivity index (χ1n) is 5.51. The van der Waals surface area contributed by atoms with Gasteiger partial charge in [-0.15, -0.1) is 0 Å². The summed E-state index contributed by atoms with van der Waals surface area (Å²) < 4.78 is 12.9. The lowest BCUT2D eigenvalue weighted by atomic mass is 10.2. The van der Waals surface area contributed by atoms with Gasteiger partial charge < -0.3 is 0 Å². The number of urea groups is 1. The van der Waals surface area contributed by atoms with Crippen LogP contribution in [0.1, 0.15) is 5.56 Å². The Morgan fingerprint density at radius 1 is 1.45 bits per heavy atom. The van der Waals surface area contributed by atoms with Crippen LogP contribution in [0.25, 0.3) is 6.08 Å². The molecule has 0 saturated carbocycles.